The summed E-state index contributed by atoms with van der Waals surface area (Å²) in [6.45, 7) is -2.31. The Kier molecular flexibility index (Phi) is 6.02. The third kappa shape index (κ3) is 5.90. The summed E-state index contributed by atoms with van der Waals surface area (Å²) in [6.07, 6.45) is -4.53. The largest absolute Gasteiger partial charge is 0.497 e. The van der Waals surface area contributed by atoms with Gasteiger partial charge in [0.15, 0.2) is 6.61 Å². The maximum atomic E-state index is 11.9. The van der Waals surface area contributed by atoms with Gasteiger partial charge in [0.25, 0.3) is 5.91 Å². The van der Waals surface area contributed by atoms with Gasteiger partial charge in [-0.25, -0.2) is 4.79 Å². The lowest BCUT2D eigenvalue weighted by atomic mass is 10.2. The van der Waals surface area contributed by atoms with Crippen LogP contribution in [-0.4, -0.2) is 45.4 Å². The minimum absolute atomic E-state index is 0.0415. The number of alkyl halides is 3. The smallest absolute Gasteiger partial charge is 0.405 e. The van der Waals surface area contributed by atoms with E-state index in [1.54, 1.807) is 5.32 Å². The van der Waals surface area contributed by atoms with E-state index in [9.17, 15) is 22.8 Å². The molecule has 1 rings (SSSR count). The number of hydrogen-bond acceptors (Lipinski definition) is 5. The van der Waals surface area contributed by atoms with Crippen LogP contribution in [0.5, 0.6) is 11.5 Å². The quantitative estimate of drug-likeness (QED) is 0.805. The van der Waals surface area contributed by atoms with Gasteiger partial charge in [0.2, 0.25) is 0 Å². The topological polar surface area (TPSA) is 73.9 Å². The third-order valence-corrected chi connectivity index (χ3v) is 2.41. The number of halogens is 3. The fourth-order valence-corrected chi connectivity index (χ4v) is 1.39. The first-order valence-corrected chi connectivity index (χ1v) is 5.99. The maximum absolute atomic E-state index is 11.9. The highest BCUT2D eigenvalue weighted by molar-refractivity contribution is 5.92. The Morgan fingerprint density at radius 3 is 2.09 bits per heavy atom. The highest BCUT2D eigenvalue weighted by Crippen LogP contribution is 2.22. The van der Waals surface area contributed by atoms with Crippen LogP contribution in [0.1, 0.15) is 10.4 Å². The Hall–Kier alpha value is -2.45. The molecule has 0 heterocycles. The molecule has 0 aromatic heterocycles. The van der Waals surface area contributed by atoms with E-state index < -0.39 is 31.2 Å². The van der Waals surface area contributed by atoms with E-state index in [2.05, 4.69) is 4.74 Å². The van der Waals surface area contributed by atoms with Crippen LogP contribution in [0.15, 0.2) is 18.2 Å². The van der Waals surface area contributed by atoms with Crippen LogP contribution in [0, 0.1) is 0 Å². The molecule has 9 heteroatoms. The van der Waals surface area contributed by atoms with Crippen LogP contribution < -0.4 is 14.8 Å². The van der Waals surface area contributed by atoms with Gasteiger partial charge >= 0.3 is 12.1 Å². The zero-order valence-corrected chi connectivity index (χ0v) is 11.8. The molecule has 0 fully saturated rings. The van der Waals surface area contributed by atoms with Gasteiger partial charge < -0.3 is 19.5 Å². The summed E-state index contributed by atoms with van der Waals surface area (Å²) in [5.41, 5.74) is 0.0415. The first-order valence-electron chi connectivity index (χ1n) is 5.99. The van der Waals surface area contributed by atoms with E-state index in [1.807, 2.05) is 0 Å². The standard InChI is InChI=1S/C13H14F3NO5/c1-20-9-3-8(4-10(5-9)21-2)12(19)22-6-11(18)17-7-13(14,15)16/h3-5H,6-7H2,1-2H3,(H,17,18). The van der Waals surface area contributed by atoms with Gasteiger partial charge in [-0.1, -0.05) is 0 Å². The number of benzene rings is 1. The molecule has 0 aliphatic rings. The predicted octanol–water partition coefficient (Wildman–Crippen LogP) is 1.54. The van der Waals surface area contributed by atoms with Crippen LogP contribution in [0.4, 0.5) is 13.2 Å². The Morgan fingerprint density at radius 1 is 1.09 bits per heavy atom. The average Bonchev–Trinajstić information content (AvgIpc) is 2.49. The molecule has 122 valence electrons. The molecule has 0 aliphatic carbocycles. The van der Waals surface area contributed by atoms with Gasteiger partial charge in [0.1, 0.15) is 18.0 Å². The lowest BCUT2D eigenvalue weighted by Crippen LogP contribution is -2.36. The molecule has 0 spiro atoms. The van der Waals surface area contributed by atoms with Crippen LogP contribution in [0.2, 0.25) is 0 Å². The molecule has 1 amide bonds. The number of nitrogens with one attached hydrogen (secondary N) is 1. The summed E-state index contributed by atoms with van der Waals surface area (Å²) in [6, 6.07) is 4.21. The Balaban J connectivity index is 2.60. The van der Waals surface area contributed by atoms with Crippen molar-refractivity contribution in [1.29, 1.82) is 0 Å². The van der Waals surface area contributed by atoms with Crippen LogP contribution >= 0.6 is 0 Å². The highest BCUT2D eigenvalue weighted by atomic mass is 19.4. The van der Waals surface area contributed by atoms with E-state index in [-0.39, 0.29) is 5.56 Å². The fourth-order valence-electron chi connectivity index (χ4n) is 1.39. The molecule has 22 heavy (non-hydrogen) atoms. The lowest BCUT2D eigenvalue weighted by molar-refractivity contribution is -0.140. The SMILES string of the molecule is COc1cc(OC)cc(C(=O)OCC(=O)NCC(F)(F)F)c1. The van der Waals surface area contributed by atoms with Gasteiger partial charge in [-0.15, -0.1) is 0 Å². The van der Waals surface area contributed by atoms with Crippen LogP contribution in [0.25, 0.3) is 0 Å². The molecular weight excluding hydrogens is 307 g/mol. The van der Waals surface area contributed by atoms with E-state index in [1.165, 1.54) is 32.4 Å². The number of ether oxygens (including phenoxy) is 3. The summed E-state index contributed by atoms with van der Waals surface area (Å²) in [5, 5.41) is 1.58. The zero-order chi connectivity index (χ0) is 16.8. The minimum atomic E-state index is -4.53. The number of rotatable bonds is 6. The van der Waals surface area contributed by atoms with Crippen molar-refractivity contribution in [1.82, 2.24) is 5.32 Å². The summed E-state index contributed by atoms with van der Waals surface area (Å²) in [7, 11) is 2.77. The number of esters is 1. The molecule has 0 aliphatic heterocycles. The van der Waals surface area contributed by atoms with Crippen molar-refractivity contribution in [2.75, 3.05) is 27.4 Å². The van der Waals surface area contributed by atoms with Gasteiger partial charge in [0, 0.05) is 6.07 Å². The molecule has 1 N–H and O–H groups in total. The van der Waals surface area contributed by atoms with E-state index >= 15 is 0 Å². The van der Waals surface area contributed by atoms with E-state index in [0.717, 1.165) is 0 Å². The second-order valence-corrected chi connectivity index (χ2v) is 4.07. The summed E-state index contributed by atoms with van der Waals surface area (Å²) in [5.74, 6) is -1.29. The Morgan fingerprint density at radius 2 is 1.64 bits per heavy atom. The summed E-state index contributed by atoms with van der Waals surface area (Å²) < 4.78 is 50.2. The summed E-state index contributed by atoms with van der Waals surface area (Å²) in [4.78, 5) is 22.9. The van der Waals surface area contributed by atoms with Crippen molar-refractivity contribution in [3.63, 3.8) is 0 Å². The minimum Gasteiger partial charge on any atom is -0.497 e. The first kappa shape index (κ1) is 17.6. The number of carbonyl (C=O) groups is 2. The van der Waals surface area contributed by atoms with Gasteiger partial charge in [0.05, 0.1) is 19.8 Å². The molecule has 0 atom stereocenters. The van der Waals surface area contributed by atoms with Gasteiger partial charge in [-0.3, -0.25) is 4.79 Å². The number of methoxy groups -OCH3 is 2. The molecule has 6 nitrogen and oxygen atoms in total. The number of amides is 1. The monoisotopic (exact) mass is 321 g/mol. The van der Waals surface area contributed by atoms with Crippen molar-refractivity contribution in [2.45, 2.75) is 6.18 Å². The second kappa shape index (κ2) is 7.53. The number of carbonyl (C=O) groups excluding carboxylic acids is 2. The Labute approximate surface area is 124 Å². The van der Waals surface area contributed by atoms with Gasteiger partial charge in [-0.05, 0) is 12.1 Å². The predicted molar refractivity (Wildman–Crippen MR) is 68.9 cm³/mol. The van der Waals surface area contributed by atoms with Crippen LogP contribution in [0.3, 0.4) is 0 Å². The first-order chi connectivity index (χ1) is 10.2. The average molecular weight is 321 g/mol. The molecule has 1 aromatic carbocycles. The highest BCUT2D eigenvalue weighted by Gasteiger charge is 2.27. The zero-order valence-electron chi connectivity index (χ0n) is 11.8. The van der Waals surface area contributed by atoms with Crippen molar-refractivity contribution in [2.24, 2.45) is 0 Å². The van der Waals surface area contributed by atoms with Crippen molar-refractivity contribution < 1.29 is 37.0 Å². The summed E-state index contributed by atoms with van der Waals surface area (Å²) >= 11 is 0. The van der Waals surface area contributed by atoms with Crippen LogP contribution in [-0.2, 0) is 9.53 Å². The molecular formula is C13H14F3NO5. The molecule has 1 aromatic rings. The van der Waals surface area contributed by atoms with Crippen molar-refractivity contribution in [3.8, 4) is 11.5 Å². The molecule has 0 radical (unpaired) electrons. The van der Waals surface area contributed by atoms with Gasteiger partial charge in [-0.2, -0.15) is 13.2 Å². The molecule has 0 saturated carbocycles. The van der Waals surface area contributed by atoms with E-state index in [4.69, 9.17) is 9.47 Å². The van der Waals surface area contributed by atoms with E-state index in [0.29, 0.717) is 11.5 Å². The molecule has 0 unspecified atom stereocenters. The molecule has 0 saturated heterocycles. The maximum Gasteiger partial charge on any atom is 0.405 e. The fraction of sp³-hybridized carbons (Fsp3) is 0.385. The third-order valence-electron chi connectivity index (χ3n) is 2.41. The molecule has 0 bridgehead atoms. The van der Waals surface area contributed by atoms with Crippen molar-refractivity contribution >= 4 is 11.9 Å². The Bertz CT molecular complexity index is 523. The second-order valence-electron chi connectivity index (χ2n) is 4.07. The lowest BCUT2D eigenvalue weighted by Gasteiger charge is -2.10. The number of hydrogen-bond donors (Lipinski definition) is 1. The normalized spacial score (nSPS) is 10.8. The van der Waals surface area contributed by atoms with Crippen molar-refractivity contribution in [3.05, 3.63) is 23.8 Å².